The van der Waals surface area contributed by atoms with Crippen molar-refractivity contribution in [3.8, 4) is 0 Å². The predicted molar refractivity (Wildman–Crippen MR) is 64.8 cm³/mol. The minimum Gasteiger partial charge on any atom is -0.483 e. The molecule has 80 valence electrons. The Labute approximate surface area is 91.3 Å². The first-order valence-corrected chi connectivity index (χ1v) is 5.12. The molecule has 0 aliphatic carbocycles. The normalized spacial score (nSPS) is 10.3. The quantitative estimate of drug-likeness (QED) is 0.542. The molecule has 15 heavy (non-hydrogen) atoms. The number of ether oxygens (including phenoxy) is 1. The molecule has 0 saturated heterocycles. The highest BCUT2D eigenvalue weighted by Crippen LogP contribution is 2.19. The number of allylic oxidation sites excluding steroid dienone is 1. The van der Waals surface area contributed by atoms with Gasteiger partial charge in [0.05, 0.1) is 12.3 Å². The Morgan fingerprint density at radius 1 is 1.27 bits per heavy atom. The molecule has 0 atom stereocenters. The number of hydrogen-bond acceptors (Lipinski definition) is 2. The fourth-order valence-corrected chi connectivity index (χ4v) is 1.25. The average molecular weight is 203 g/mol. The van der Waals surface area contributed by atoms with Crippen molar-refractivity contribution in [3.63, 3.8) is 0 Å². The van der Waals surface area contributed by atoms with Crippen LogP contribution in [0, 0.1) is 0 Å². The van der Waals surface area contributed by atoms with E-state index in [0.29, 0.717) is 6.61 Å². The van der Waals surface area contributed by atoms with E-state index in [2.05, 4.69) is 4.99 Å². The SMILES string of the molecule is CCO/C=N/C(=C(C)C)c1ccccc1. The Bertz CT molecular complexity index is 348. The van der Waals surface area contributed by atoms with Crippen LogP contribution in [0.5, 0.6) is 0 Å². The molecule has 0 unspecified atom stereocenters. The van der Waals surface area contributed by atoms with E-state index in [1.165, 1.54) is 12.0 Å². The van der Waals surface area contributed by atoms with Gasteiger partial charge < -0.3 is 4.74 Å². The van der Waals surface area contributed by atoms with Crippen molar-refractivity contribution >= 4 is 12.1 Å². The minimum absolute atomic E-state index is 0.647. The van der Waals surface area contributed by atoms with Crippen molar-refractivity contribution in [2.45, 2.75) is 20.8 Å². The second kappa shape index (κ2) is 6.02. The molecule has 0 amide bonds. The minimum atomic E-state index is 0.647. The largest absolute Gasteiger partial charge is 0.483 e. The van der Waals surface area contributed by atoms with Crippen molar-refractivity contribution in [2.24, 2.45) is 4.99 Å². The van der Waals surface area contributed by atoms with E-state index >= 15 is 0 Å². The molecule has 0 bridgehead atoms. The molecule has 1 aromatic rings. The summed E-state index contributed by atoms with van der Waals surface area (Å²) >= 11 is 0. The van der Waals surface area contributed by atoms with E-state index in [-0.39, 0.29) is 0 Å². The Morgan fingerprint density at radius 2 is 1.93 bits per heavy atom. The van der Waals surface area contributed by atoms with E-state index in [1.807, 2.05) is 51.1 Å². The van der Waals surface area contributed by atoms with Crippen LogP contribution in [0.4, 0.5) is 0 Å². The van der Waals surface area contributed by atoms with Crippen LogP contribution < -0.4 is 0 Å². The second-order valence-corrected chi connectivity index (χ2v) is 3.40. The van der Waals surface area contributed by atoms with Crippen molar-refractivity contribution in [3.05, 3.63) is 41.5 Å². The lowest BCUT2D eigenvalue weighted by atomic mass is 10.1. The van der Waals surface area contributed by atoms with Gasteiger partial charge in [-0.25, -0.2) is 4.99 Å². The molecule has 2 nitrogen and oxygen atoms in total. The average Bonchev–Trinajstić information content (AvgIpc) is 2.25. The van der Waals surface area contributed by atoms with Gasteiger partial charge in [0.1, 0.15) is 0 Å². The maximum absolute atomic E-state index is 5.11. The lowest BCUT2D eigenvalue weighted by molar-refractivity contribution is 0.344. The van der Waals surface area contributed by atoms with Gasteiger partial charge in [-0.3, -0.25) is 0 Å². The molecule has 1 aromatic carbocycles. The van der Waals surface area contributed by atoms with Crippen LogP contribution in [0.25, 0.3) is 5.70 Å². The number of nitrogens with zero attached hydrogens (tertiary/aromatic N) is 1. The zero-order valence-electron chi connectivity index (χ0n) is 9.53. The first-order valence-electron chi connectivity index (χ1n) is 5.12. The van der Waals surface area contributed by atoms with E-state index in [4.69, 9.17) is 4.74 Å². The monoisotopic (exact) mass is 203 g/mol. The van der Waals surface area contributed by atoms with Crippen LogP contribution in [-0.2, 0) is 4.74 Å². The Hall–Kier alpha value is -1.57. The first-order chi connectivity index (χ1) is 7.25. The van der Waals surface area contributed by atoms with E-state index in [1.54, 1.807) is 0 Å². The van der Waals surface area contributed by atoms with Crippen molar-refractivity contribution in [1.82, 2.24) is 0 Å². The van der Waals surface area contributed by atoms with Crippen molar-refractivity contribution in [1.29, 1.82) is 0 Å². The van der Waals surface area contributed by atoms with Crippen molar-refractivity contribution in [2.75, 3.05) is 6.61 Å². The Kier molecular flexibility index (Phi) is 4.61. The summed E-state index contributed by atoms with van der Waals surface area (Å²) in [6, 6.07) is 10.1. The number of benzene rings is 1. The van der Waals surface area contributed by atoms with E-state index < -0.39 is 0 Å². The van der Waals surface area contributed by atoms with Crippen LogP contribution in [0.1, 0.15) is 26.3 Å². The maximum Gasteiger partial charge on any atom is 0.174 e. The lowest BCUT2D eigenvalue weighted by Crippen LogP contribution is -1.89. The van der Waals surface area contributed by atoms with Crippen LogP contribution in [-0.4, -0.2) is 13.0 Å². The lowest BCUT2D eigenvalue weighted by Gasteiger charge is -2.04. The molecular formula is C13H17NO. The molecule has 1 rings (SSSR count). The summed E-state index contributed by atoms with van der Waals surface area (Å²) in [6.45, 7) is 6.68. The summed E-state index contributed by atoms with van der Waals surface area (Å²) in [5, 5.41) is 0. The standard InChI is InChI=1S/C13H17NO/c1-4-15-10-14-13(11(2)3)12-8-6-5-7-9-12/h5-10H,4H2,1-3H3/b14-10+. The molecule has 0 aromatic heterocycles. The van der Waals surface area contributed by atoms with Crippen LogP contribution in [0.15, 0.2) is 40.9 Å². The topological polar surface area (TPSA) is 21.6 Å². The maximum atomic E-state index is 5.11. The smallest absolute Gasteiger partial charge is 0.174 e. The summed E-state index contributed by atoms with van der Waals surface area (Å²) in [7, 11) is 0. The molecule has 0 N–H and O–H groups in total. The molecule has 0 fully saturated rings. The summed E-state index contributed by atoms with van der Waals surface area (Å²) in [5.41, 5.74) is 3.27. The van der Waals surface area contributed by atoms with Gasteiger partial charge in [0.25, 0.3) is 0 Å². The summed E-state index contributed by atoms with van der Waals surface area (Å²) in [6.07, 6.45) is 1.51. The fourth-order valence-electron chi connectivity index (χ4n) is 1.25. The number of aliphatic imine (C=N–C) groups is 1. The molecule has 0 heterocycles. The molecule has 0 radical (unpaired) electrons. The predicted octanol–water partition coefficient (Wildman–Crippen LogP) is 3.50. The van der Waals surface area contributed by atoms with Crippen LogP contribution in [0.3, 0.4) is 0 Å². The van der Waals surface area contributed by atoms with Gasteiger partial charge in [0, 0.05) is 5.56 Å². The zero-order chi connectivity index (χ0) is 11.1. The number of hydrogen-bond donors (Lipinski definition) is 0. The van der Waals surface area contributed by atoms with Gasteiger partial charge in [0.15, 0.2) is 6.40 Å². The van der Waals surface area contributed by atoms with Crippen LogP contribution >= 0.6 is 0 Å². The second-order valence-electron chi connectivity index (χ2n) is 3.40. The highest BCUT2D eigenvalue weighted by molar-refractivity contribution is 5.72. The van der Waals surface area contributed by atoms with Crippen molar-refractivity contribution < 1.29 is 4.74 Å². The van der Waals surface area contributed by atoms with Gasteiger partial charge in [-0.05, 0) is 26.3 Å². The Morgan fingerprint density at radius 3 is 2.47 bits per heavy atom. The highest BCUT2D eigenvalue weighted by atomic mass is 16.5. The van der Waals surface area contributed by atoms with E-state index in [9.17, 15) is 0 Å². The molecular weight excluding hydrogens is 186 g/mol. The van der Waals surface area contributed by atoms with E-state index in [0.717, 1.165) is 11.3 Å². The Balaban J connectivity index is 2.91. The summed E-state index contributed by atoms with van der Waals surface area (Å²) in [4.78, 5) is 4.32. The summed E-state index contributed by atoms with van der Waals surface area (Å²) in [5.74, 6) is 0. The third-order valence-electron chi connectivity index (χ3n) is 1.94. The van der Waals surface area contributed by atoms with Gasteiger partial charge >= 0.3 is 0 Å². The fraction of sp³-hybridized carbons (Fsp3) is 0.308. The van der Waals surface area contributed by atoms with Gasteiger partial charge in [0.2, 0.25) is 0 Å². The van der Waals surface area contributed by atoms with Gasteiger partial charge in [-0.2, -0.15) is 0 Å². The molecule has 0 aliphatic heterocycles. The molecule has 0 saturated carbocycles. The zero-order valence-corrected chi connectivity index (χ0v) is 9.53. The van der Waals surface area contributed by atoms with Crippen LogP contribution in [0.2, 0.25) is 0 Å². The summed E-state index contributed by atoms with van der Waals surface area (Å²) < 4.78 is 5.11. The highest BCUT2D eigenvalue weighted by Gasteiger charge is 1.99. The van der Waals surface area contributed by atoms with Gasteiger partial charge in [-0.1, -0.05) is 30.3 Å². The van der Waals surface area contributed by atoms with Gasteiger partial charge in [-0.15, -0.1) is 0 Å². The first kappa shape index (κ1) is 11.5. The number of rotatable bonds is 4. The molecule has 0 aliphatic rings. The molecule has 0 spiro atoms. The third-order valence-corrected chi connectivity index (χ3v) is 1.94. The molecule has 2 heteroatoms. The third kappa shape index (κ3) is 3.58.